The number of carbonyl (C=O) groups excluding carboxylic acids is 1. The smallest absolute Gasteiger partial charge is 0.262 e. The van der Waals surface area contributed by atoms with Crippen LogP contribution in [0.4, 0.5) is 15.8 Å². The molecule has 30 heavy (non-hydrogen) atoms. The maximum Gasteiger partial charge on any atom is 0.262 e. The average molecular weight is 428 g/mol. The summed E-state index contributed by atoms with van der Waals surface area (Å²) in [6.45, 7) is 1.63. The lowest BCUT2D eigenvalue weighted by Gasteiger charge is -2.13. The number of anilines is 2. The molecular formula is C21H17FN2O5S. The largest absolute Gasteiger partial charge is 0.454 e. The van der Waals surface area contributed by atoms with Gasteiger partial charge in [0, 0.05) is 5.69 Å². The molecule has 1 amide bonds. The van der Waals surface area contributed by atoms with E-state index in [4.69, 9.17) is 9.47 Å². The molecule has 0 spiro atoms. The minimum Gasteiger partial charge on any atom is -0.454 e. The minimum absolute atomic E-state index is 0.0221. The highest BCUT2D eigenvalue weighted by Crippen LogP contribution is 2.35. The lowest BCUT2D eigenvalue weighted by Crippen LogP contribution is -2.17. The number of aryl methyl sites for hydroxylation is 1. The van der Waals surface area contributed by atoms with Crippen molar-refractivity contribution in [1.82, 2.24) is 0 Å². The van der Waals surface area contributed by atoms with Gasteiger partial charge in [-0.2, -0.15) is 0 Å². The molecule has 0 fully saturated rings. The highest BCUT2D eigenvalue weighted by Gasteiger charge is 2.23. The molecule has 0 saturated heterocycles. The van der Waals surface area contributed by atoms with Gasteiger partial charge in [-0.05, 0) is 48.9 Å². The Labute approximate surface area is 172 Å². The van der Waals surface area contributed by atoms with E-state index in [2.05, 4.69) is 10.0 Å². The van der Waals surface area contributed by atoms with Crippen molar-refractivity contribution in [3.63, 3.8) is 0 Å². The second-order valence-corrected chi connectivity index (χ2v) is 8.21. The van der Waals surface area contributed by atoms with Crippen LogP contribution >= 0.6 is 0 Å². The van der Waals surface area contributed by atoms with Gasteiger partial charge in [0.2, 0.25) is 6.79 Å². The van der Waals surface area contributed by atoms with Gasteiger partial charge in [0.25, 0.3) is 15.9 Å². The zero-order valence-corrected chi connectivity index (χ0v) is 16.6. The number of benzene rings is 3. The Kier molecular flexibility index (Phi) is 5.04. The Bertz CT molecular complexity index is 1240. The van der Waals surface area contributed by atoms with Crippen molar-refractivity contribution >= 4 is 27.3 Å². The highest BCUT2D eigenvalue weighted by molar-refractivity contribution is 7.92. The van der Waals surface area contributed by atoms with Crippen LogP contribution in [-0.4, -0.2) is 21.1 Å². The summed E-state index contributed by atoms with van der Waals surface area (Å²) in [4.78, 5) is 12.6. The van der Waals surface area contributed by atoms with Crippen molar-refractivity contribution in [1.29, 1.82) is 0 Å². The monoisotopic (exact) mass is 428 g/mol. The lowest BCUT2D eigenvalue weighted by atomic mass is 10.1. The van der Waals surface area contributed by atoms with E-state index in [1.807, 2.05) is 0 Å². The first-order chi connectivity index (χ1) is 14.3. The number of hydrogen-bond acceptors (Lipinski definition) is 5. The SMILES string of the molecule is Cc1ccc(NC(=O)c2cccc3c2OCO3)cc1S(=O)(=O)Nc1ccccc1F. The Morgan fingerprint density at radius 2 is 1.83 bits per heavy atom. The molecule has 0 radical (unpaired) electrons. The quantitative estimate of drug-likeness (QED) is 0.643. The molecule has 0 atom stereocenters. The first kappa shape index (κ1) is 19.7. The van der Waals surface area contributed by atoms with E-state index >= 15 is 0 Å². The average Bonchev–Trinajstić information content (AvgIpc) is 3.20. The molecule has 154 valence electrons. The topological polar surface area (TPSA) is 93.7 Å². The maximum absolute atomic E-state index is 13.9. The lowest BCUT2D eigenvalue weighted by molar-refractivity contribution is 0.102. The second kappa shape index (κ2) is 7.68. The van der Waals surface area contributed by atoms with Crippen molar-refractivity contribution in [2.45, 2.75) is 11.8 Å². The molecule has 0 saturated carbocycles. The summed E-state index contributed by atoms with van der Waals surface area (Å²) >= 11 is 0. The number of fused-ring (bicyclic) bond motifs is 1. The third-order valence-corrected chi connectivity index (χ3v) is 6.00. The van der Waals surface area contributed by atoms with Gasteiger partial charge in [0.15, 0.2) is 11.5 Å². The fourth-order valence-corrected chi connectivity index (χ4v) is 4.36. The summed E-state index contributed by atoms with van der Waals surface area (Å²) in [6, 6.07) is 14.8. The van der Waals surface area contributed by atoms with Crippen LogP contribution in [0.5, 0.6) is 11.5 Å². The van der Waals surface area contributed by atoms with Crippen molar-refractivity contribution in [2.24, 2.45) is 0 Å². The fraction of sp³-hybridized carbons (Fsp3) is 0.0952. The normalized spacial score (nSPS) is 12.5. The Balaban J connectivity index is 1.61. The number of halogens is 1. The number of amides is 1. The summed E-state index contributed by atoms with van der Waals surface area (Å²) in [5.41, 5.74) is 0.799. The predicted octanol–water partition coefficient (Wildman–Crippen LogP) is 3.92. The van der Waals surface area contributed by atoms with E-state index < -0.39 is 21.7 Å². The van der Waals surface area contributed by atoms with Crippen LogP contribution in [0.1, 0.15) is 15.9 Å². The number of rotatable bonds is 5. The zero-order valence-electron chi connectivity index (χ0n) is 15.8. The molecule has 0 aliphatic carbocycles. The molecule has 9 heteroatoms. The molecule has 1 aliphatic rings. The van der Waals surface area contributed by atoms with Crippen LogP contribution in [0.15, 0.2) is 65.6 Å². The van der Waals surface area contributed by atoms with Crippen molar-refractivity contribution in [3.8, 4) is 11.5 Å². The van der Waals surface area contributed by atoms with Crippen LogP contribution in [-0.2, 0) is 10.0 Å². The van der Waals surface area contributed by atoms with E-state index in [1.54, 1.807) is 37.3 Å². The summed E-state index contributed by atoms with van der Waals surface area (Å²) in [6.07, 6.45) is 0. The van der Waals surface area contributed by atoms with E-state index in [-0.39, 0.29) is 28.6 Å². The van der Waals surface area contributed by atoms with Crippen LogP contribution in [0.3, 0.4) is 0 Å². The van der Waals surface area contributed by atoms with Crippen LogP contribution in [0, 0.1) is 12.7 Å². The van der Waals surface area contributed by atoms with Gasteiger partial charge < -0.3 is 14.8 Å². The molecule has 0 bridgehead atoms. The summed E-state index contributed by atoms with van der Waals surface area (Å²) in [5.74, 6) is -0.380. The third kappa shape index (κ3) is 3.79. The fourth-order valence-electron chi connectivity index (χ4n) is 3.02. The molecule has 1 aliphatic heterocycles. The van der Waals surface area contributed by atoms with Gasteiger partial charge in [-0.25, -0.2) is 12.8 Å². The molecule has 7 nitrogen and oxygen atoms in total. The van der Waals surface area contributed by atoms with Gasteiger partial charge >= 0.3 is 0 Å². The van der Waals surface area contributed by atoms with E-state index in [9.17, 15) is 17.6 Å². The Morgan fingerprint density at radius 3 is 2.63 bits per heavy atom. The molecule has 3 aromatic rings. The van der Waals surface area contributed by atoms with Crippen LogP contribution in [0.25, 0.3) is 0 Å². The van der Waals surface area contributed by atoms with Gasteiger partial charge in [0.1, 0.15) is 5.82 Å². The predicted molar refractivity (Wildman–Crippen MR) is 109 cm³/mol. The molecule has 0 unspecified atom stereocenters. The number of carbonyl (C=O) groups is 1. The number of nitrogens with one attached hydrogen (secondary N) is 2. The molecule has 2 N–H and O–H groups in total. The summed E-state index contributed by atoms with van der Waals surface area (Å²) in [5, 5.41) is 2.66. The minimum atomic E-state index is -4.08. The van der Waals surface area contributed by atoms with Gasteiger partial charge in [0.05, 0.1) is 16.1 Å². The maximum atomic E-state index is 13.9. The zero-order chi connectivity index (χ0) is 21.3. The van der Waals surface area contributed by atoms with Crippen molar-refractivity contribution in [3.05, 3.63) is 77.6 Å². The van der Waals surface area contributed by atoms with Crippen molar-refractivity contribution in [2.75, 3.05) is 16.8 Å². The first-order valence-electron chi connectivity index (χ1n) is 8.93. The highest BCUT2D eigenvalue weighted by atomic mass is 32.2. The van der Waals surface area contributed by atoms with Crippen LogP contribution in [0.2, 0.25) is 0 Å². The Morgan fingerprint density at radius 1 is 1.03 bits per heavy atom. The second-order valence-electron chi connectivity index (χ2n) is 6.56. The van der Waals surface area contributed by atoms with E-state index in [0.717, 1.165) is 6.07 Å². The van der Waals surface area contributed by atoms with Gasteiger partial charge in [-0.3, -0.25) is 9.52 Å². The summed E-state index contributed by atoms with van der Waals surface area (Å²) < 4.78 is 52.3. The van der Waals surface area contributed by atoms with Crippen molar-refractivity contribution < 1.29 is 27.1 Å². The van der Waals surface area contributed by atoms with Crippen LogP contribution < -0.4 is 19.5 Å². The van der Waals surface area contributed by atoms with E-state index in [0.29, 0.717) is 17.1 Å². The molecule has 0 aromatic heterocycles. The standard InChI is InChI=1S/C21H17FN2O5S/c1-13-9-10-14(23-21(25)15-5-4-8-18-20(15)29-12-28-18)11-19(13)30(26,27)24-17-7-3-2-6-16(17)22/h2-11,24H,12H2,1H3,(H,23,25). The number of para-hydroxylation sites is 2. The number of hydrogen-bond donors (Lipinski definition) is 2. The van der Waals surface area contributed by atoms with E-state index in [1.165, 1.54) is 24.3 Å². The first-order valence-corrected chi connectivity index (χ1v) is 10.4. The number of ether oxygens (including phenoxy) is 2. The molecule has 4 rings (SSSR count). The summed E-state index contributed by atoms with van der Waals surface area (Å²) in [7, 11) is -4.08. The van der Waals surface area contributed by atoms with Gasteiger partial charge in [-0.1, -0.05) is 24.3 Å². The number of sulfonamides is 1. The third-order valence-electron chi connectivity index (χ3n) is 4.49. The van der Waals surface area contributed by atoms with Gasteiger partial charge in [-0.15, -0.1) is 0 Å². The molecule has 3 aromatic carbocycles. The molecule has 1 heterocycles. The Hall–Kier alpha value is -3.59. The molecular weight excluding hydrogens is 411 g/mol.